The maximum Gasteiger partial charge on any atom is 0.142 e. The minimum atomic E-state index is 0.584. The number of carbonyl (C=O) groups excluding carboxylic acids is 1. The first kappa shape index (κ1) is 12.6. The van der Waals surface area contributed by atoms with Crippen LogP contribution in [-0.2, 0) is 4.79 Å². The summed E-state index contributed by atoms with van der Waals surface area (Å²) in [6, 6.07) is 10.1. The molecule has 0 N–H and O–H groups in total. The molecule has 0 heterocycles. The molecule has 1 aromatic carbocycles. The molecular weight excluding hydrogens is 220 g/mol. The van der Waals surface area contributed by atoms with Gasteiger partial charge in [-0.25, -0.2) is 0 Å². The first-order chi connectivity index (χ1) is 8.90. The monoisotopic (exact) mass is 238 g/mol. The van der Waals surface area contributed by atoms with Crippen molar-refractivity contribution in [2.24, 2.45) is 5.92 Å². The van der Waals surface area contributed by atoms with Gasteiger partial charge in [0, 0.05) is 12.0 Å². The Morgan fingerprint density at radius 2 is 2.11 bits per heavy atom. The summed E-state index contributed by atoms with van der Waals surface area (Å²) in [7, 11) is 0. The van der Waals surface area contributed by atoms with Crippen molar-refractivity contribution in [3.05, 3.63) is 47.5 Å². The molecule has 0 saturated heterocycles. The summed E-state index contributed by atoms with van der Waals surface area (Å²) in [5, 5.41) is 0. The lowest BCUT2D eigenvalue weighted by molar-refractivity contribution is -0.104. The van der Waals surface area contributed by atoms with Gasteiger partial charge in [-0.1, -0.05) is 35.6 Å². The van der Waals surface area contributed by atoms with Crippen LogP contribution >= 0.6 is 0 Å². The van der Waals surface area contributed by atoms with Crippen LogP contribution in [0.25, 0.3) is 0 Å². The fraction of sp³-hybridized carbons (Fsp3) is 0.353. The normalized spacial score (nSPS) is 20.4. The van der Waals surface area contributed by atoms with Crippen molar-refractivity contribution in [3.63, 3.8) is 0 Å². The largest absolute Gasteiger partial charge is 0.299 e. The second-order valence-corrected chi connectivity index (χ2v) is 4.67. The lowest BCUT2D eigenvalue weighted by Crippen LogP contribution is -1.96. The highest BCUT2D eigenvalue weighted by Gasteiger charge is 2.19. The molecule has 0 aliphatic heterocycles. The predicted octanol–water partition coefficient (Wildman–Crippen LogP) is 3.74. The second kappa shape index (κ2) is 6.81. The van der Waals surface area contributed by atoms with Crippen LogP contribution in [-0.4, -0.2) is 6.29 Å². The fourth-order valence-electron chi connectivity index (χ4n) is 2.51. The molecule has 0 bridgehead atoms. The maximum atomic E-state index is 10.5. The third kappa shape index (κ3) is 3.60. The standard InChI is InChI=1S/C17H18O/c18-14-13-17-12-6-11-16(17)10-5-4-9-15-7-2-1-3-8-15/h1-3,7-8,13-14,16H,5-6,10-12H2/b17-13-. The number of rotatable bonds is 3. The Morgan fingerprint density at radius 3 is 2.89 bits per heavy atom. The van der Waals surface area contributed by atoms with Crippen LogP contribution in [0.15, 0.2) is 42.0 Å². The zero-order chi connectivity index (χ0) is 12.6. The van der Waals surface area contributed by atoms with Crippen LogP contribution in [0.2, 0.25) is 0 Å². The molecule has 2 rings (SSSR count). The number of benzene rings is 1. The van der Waals surface area contributed by atoms with Crippen LogP contribution in [0.3, 0.4) is 0 Å². The summed E-state index contributed by atoms with van der Waals surface area (Å²) in [5.41, 5.74) is 2.40. The molecule has 1 unspecified atom stereocenters. The van der Waals surface area contributed by atoms with Crippen molar-refractivity contribution in [1.29, 1.82) is 0 Å². The first-order valence-corrected chi connectivity index (χ1v) is 6.58. The third-order valence-electron chi connectivity index (χ3n) is 3.45. The zero-order valence-corrected chi connectivity index (χ0v) is 10.6. The van der Waals surface area contributed by atoms with Crippen LogP contribution < -0.4 is 0 Å². The van der Waals surface area contributed by atoms with Gasteiger partial charge in [0.15, 0.2) is 0 Å². The van der Waals surface area contributed by atoms with Gasteiger partial charge in [-0.15, -0.1) is 0 Å². The smallest absolute Gasteiger partial charge is 0.142 e. The van der Waals surface area contributed by atoms with Gasteiger partial charge in [-0.2, -0.15) is 0 Å². The van der Waals surface area contributed by atoms with Crippen molar-refractivity contribution in [1.82, 2.24) is 0 Å². The van der Waals surface area contributed by atoms with Crippen molar-refractivity contribution >= 4 is 6.29 Å². The number of aldehydes is 1. The van der Waals surface area contributed by atoms with Gasteiger partial charge in [-0.3, -0.25) is 4.79 Å². The Morgan fingerprint density at radius 1 is 1.28 bits per heavy atom. The van der Waals surface area contributed by atoms with E-state index in [1.54, 1.807) is 6.08 Å². The van der Waals surface area contributed by atoms with Gasteiger partial charge in [0.1, 0.15) is 6.29 Å². The quantitative estimate of drug-likeness (QED) is 0.445. The molecular formula is C17H18O. The minimum absolute atomic E-state index is 0.584. The number of hydrogen-bond donors (Lipinski definition) is 0. The van der Waals surface area contributed by atoms with E-state index in [0.29, 0.717) is 5.92 Å². The molecule has 1 aliphatic rings. The lowest BCUT2D eigenvalue weighted by atomic mass is 9.97. The molecule has 0 aromatic heterocycles. The number of hydrogen-bond acceptors (Lipinski definition) is 1. The highest BCUT2D eigenvalue weighted by atomic mass is 16.1. The van der Waals surface area contributed by atoms with E-state index in [4.69, 9.17) is 0 Å². The SMILES string of the molecule is O=C/C=C1/CCCC1CCC#Cc1ccccc1. The summed E-state index contributed by atoms with van der Waals surface area (Å²) in [5.74, 6) is 6.99. The number of carbonyl (C=O) groups is 1. The summed E-state index contributed by atoms with van der Waals surface area (Å²) in [4.78, 5) is 10.5. The molecule has 1 atom stereocenters. The summed E-state index contributed by atoms with van der Waals surface area (Å²) >= 11 is 0. The highest BCUT2D eigenvalue weighted by Crippen LogP contribution is 2.33. The number of allylic oxidation sites excluding steroid dienone is 2. The Kier molecular flexibility index (Phi) is 4.78. The molecule has 1 aromatic rings. The van der Waals surface area contributed by atoms with Crippen molar-refractivity contribution in [3.8, 4) is 11.8 Å². The lowest BCUT2D eigenvalue weighted by Gasteiger charge is -2.08. The maximum absolute atomic E-state index is 10.5. The van der Waals surface area contributed by atoms with Crippen LogP contribution in [0.1, 0.15) is 37.7 Å². The summed E-state index contributed by atoms with van der Waals surface area (Å²) < 4.78 is 0. The molecule has 1 saturated carbocycles. The van der Waals surface area contributed by atoms with Crippen LogP contribution in [0.4, 0.5) is 0 Å². The summed E-state index contributed by atoms with van der Waals surface area (Å²) in [6.45, 7) is 0. The highest BCUT2D eigenvalue weighted by molar-refractivity contribution is 5.66. The molecule has 0 spiro atoms. The van der Waals surface area contributed by atoms with Crippen molar-refractivity contribution in [2.75, 3.05) is 0 Å². The molecule has 1 heteroatoms. The van der Waals surface area contributed by atoms with Gasteiger partial charge in [0.2, 0.25) is 0 Å². The average Bonchev–Trinajstić information content (AvgIpc) is 2.84. The van der Waals surface area contributed by atoms with Crippen molar-refractivity contribution in [2.45, 2.75) is 32.1 Å². The van der Waals surface area contributed by atoms with Crippen LogP contribution in [0.5, 0.6) is 0 Å². The van der Waals surface area contributed by atoms with E-state index in [2.05, 4.69) is 11.8 Å². The van der Waals surface area contributed by atoms with Gasteiger partial charge >= 0.3 is 0 Å². The Hall–Kier alpha value is -1.81. The average molecular weight is 238 g/mol. The van der Waals surface area contributed by atoms with Gasteiger partial charge in [-0.05, 0) is 49.8 Å². The van der Waals surface area contributed by atoms with E-state index in [1.165, 1.54) is 18.4 Å². The van der Waals surface area contributed by atoms with E-state index in [9.17, 15) is 4.79 Å². The van der Waals surface area contributed by atoms with Gasteiger partial charge in [0.25, 0.3) is 0 Å². The minimum Gasteiger partial charge on any atom is -0.299 e. The summed E-state index contributed by atoms with van der Waals surface area (Å²) in [6.07, 6.45) is 8.19. The van der Waals surface area contributed by atoms with E-state index in [1.807, 2.05) is 30.3 Å². The Balaban J connectivity index is 1.84. The predicted molar refractivity (Wildman–Crippen MR) is 74.0 cm³/mol. The molecule has 0 amide bonds. The van der Waals surface area contributed by atoms with Crippen molar-refractivity contribution < 1.29 is 4.79 Å². The second-order valence-electron chi connectivity index (χ2n) is 4.67. The first-order valence-electron chi connectivity index (χ1n) is 6.58. The zero-order valence-electron chi connectivity index (χ0n) is 10.6. The molecule has 18 heavy (non-hydrogen) atoms. The molecule has 1 fully saturated rings. The Labute approximate surface area is 109 Å². The van der Waals surface area contributed by atoms with Gasteiger partial charge in [0.05, 0.1) is 0 Å². The molecule has 92 valence electrons. The van der Waals surface area contributed by atoms with Gasteiger partial charge < -0.3 is 0 Å². The topological polar surface area (TPSA) is 17.1 Å². The molecule has 0 radical (unpaired) electrons. The van der Waals surface area contributed by atoms with E-state index in [-0.39, 0.29) is 0 Å². The third-order valence-corrected chi connectivity index (χ3v) is 3.45. The van der Waals surface area contributed by atoms with E-state index in [0.717, 1.165) is 31.1 Å². The Bertz CT molecular complexity index is 473. The van der Waals surface area contributed by atoms with E-state index < -0.39 is 0 Å². The van der Waals surface area contributed by atoms with Crippen LogP contribution in [0, 0.1) is 17.8 Å². The fourth-order valence-corrected chi connectivity index (χ4v) is 2.51. The molecule has 1 aliphatic carbocycles. The van der Waals surface area contributed by atoms with E-state index >= 15 is 0 Å². The molecule has 1 nitrogen and oxygen atoms in total.